The largest absolute Gasteiger partial charge is 0.326 e. The maximum absolute atomic E-state index is 11.5. The van der Waals surface area contributed by atoms with Gasteiger partial charge in [0.25, 0.3) is 0 Å². The molecule has 0 unspecified atom stereocenters. The molecule has 0 saturated heterocycles. The smallest absolute Gasteiger partial charge is 0.221 e. The second kappa shape index (κ2) is 6.02. The number of carbonyl (C=O) groups excluding carboxylic acids is 1. The van der Waals surface area contributed by atoms with Crippen LogP contribution in [0.15, 0.2) is 66.7 Å². The van der Waals surface area contributed by atoms with Gasteiger partial charge in [-0.15, -0.1) is 0 Å². The number of hydrogen-bond acceptors (Lipinski definition) is 2. The molecule has 4 aromatic rings. The first-order valence-electron chi connectivity index (χ1n) is 8.29. The molecule has 3 nitrogen and oxygen atoms in total. The molecule has 0 atom stereocenters. The summed E-state index contributed by atoms with van der Waals surface area (Å²) >= 11 is 0. The van der Waals surface area contributed by atoms with Gasteiger partial charge in [-0.3, -0.25) is 9.78 Å². The third kappa shape index (κ3) is 2.74. The Balaban J connectivity index is 1.95. The highest BCUT2D eigenvalue weighted by Gasteiger charge is 2.10. The van der Waals surface area contributed by atoms with E-state index in [0.29, 0.717) is 0 Å². The van der Waals surface area contributed by atoms with Gasteiger partial charge >= 0.3 is 0 Å². The van der Waals surface area contributed by atoms with Crippen molar-refractivity contribution in [2.24, 2.45) is 0 Å². The van der Waals surface area contributed by atoms with E-state index in [9.17, 15) is 4.79 Å². The SMILES string of the molecule is CC(=O)Nc1ccccc1-c1ccc2c(c1)c(C)nc1ccccc12. The van der Waals surface area contributed by atoms with E-state index in [1.54, 1.807) is 0 Å². The molecule has 1 heterocycles. The van der Waals surface area contributed by atoms with Crippen LogP contribution in [0.5, 0.6) is 0 Å². The number of aromatic nitrogens is 1. The van der Waals surface area contributed by atoms with Crippen molar-refractivity contribution >= 4 is 33.3 Å². The lowest BCUT2D eigenvalue weighted by Crippen LogP contribution is -2.06. The van der Waals surface area contributed by atoms with E-state index in [4.69, 9.17) is 4.98 Å². The fraction of sp³-hybridized carbons (Fsp3) is 0.0909. The molecule has 0 spiro atoms. The molecule has 1 N–H and O–H groups in total. The number of benzene rings is 3. The van der Waals surface area contributed by atoms with Gasteiger partial charge in [0.15, 0.2) is 0 Å². The summed E-state index contributed by atoms with van der Waals surface area (Å²) < 4.78 is 0. The Hall–Kier alpha value is -3.20. The van der Waals surface area contributed by atoms with Crippen LogP contribution in [-0.4, -0.2) is 10.9 Å². The minimum Gasteiger partial charge on any atom is -0.326 e. The molecule has 1 amide bonds. The van der Waals surface area contributed by atoms with Crippen molar-refractivity contribution < 1.29 is 4.79 Å². The lowest BCUT2D eigenvalue weighted by atomic mass is 9.97. The molecule has 0 aliphatic rings. The number of amides is 1. The van der Waals surface area contributed by atoms with Crippen LogP contribution in [-0.2, 0) is 4.79 Å². The number of pyridine rings is 1. The second-order valence-corrected chi connectivity index (χ2v) is 6.20. The van der Waals surface area contributed by atoms with E-state index in [1.807, 2.05) is 49.4 Å². The van der Waals surface area contributed by atoms with E-state index in [1.165, 1.54) is 12.3 Å². The molecule has 25 heavy (non-hydrogen) atoms. The maximum atomic E-state index is 11.5. The molecule has 0 aliphatic heterocycles. The fourth-order valence-electron chi connectivity index (χ4n) is 3.32. The summed E-state index contributed by atoms with van der Waals surface area (Å²) in [5, 5.41) is 6.40. The van der Waals surface area contributed by atoms with Gasteiger partial charge in [0.2, 0.25) is 5.91 Å². The molecule has 122 valence electrons. The molecule has 0 radical (unpaired) electrons. The Morgan fingerprint density at radius 3 is 2.48 bits per heavy atom. The minimum atomic E-state index is -0.0721. The third-order valence-corrected chi connectivity index (χ3v) is 4.44. The molecular formula is C22H18N2O. The molecular weight excluding hydrogens is 308 g/mol. The number of hydrogen-bond donors (Lipinski definition) is 1. The van der Waals surface area contributed by atoms with Crippen LogP contribution in [0.1, 0.15) is 12.6 Å². The standard InChI is InChI=1S/C22H18N2O/c1-14-20-13-16(17-7-3-5-9-21(17)24-15(2)25)11-12-18(20)19-8-4-6-10-22(19)23-14/h3-13H,1-2H3,(H,24,25). The Morgan fingerprint density at radius 1 is 0.880 bits per heavy atom. The Morgan fingerprint density at radius 2 is 1.64 bits per heavy atom. The van der Waals surface area contributed by atoms with Crippen molar-refractivity contribution in [3.8, 4) is 11.1 Å². The van der Waals surface area contributed by atoms with Gasteiger partial charge in [-0.25, -0.2) is 0 Å². The number of nitrogens with zero attached hydrogens (tertiary/aromatic N) is 1. The Bertz CT molecular complexity index is 1120. The summed E-state index contributed by atoms with van der Waals surface area (Å²) in [5.74, 6) is -0.0721. The summed E-state index contributed by atoms with van der Waals surface area (Å²) in [5.41, 5.74) is 4.91. The van der Waals surface area contributed by atoms with E-state index in [0.717, 1.165) is 38.8 Å². The quantitative estimate of drug-likeness (QED) is 0.506. The summed E-state index contributed by atoms with van der Waals surface area (Å²) in [6.45, 7) is 3.57. The molecule has 0 aliphatic carbocycles. The number of nitrogens with one attached hydrogen (secondary N) is 1. The van der Waals surface area contributed by atoms with Gasteiger partial charge in [0.05, 0.1) is 5.52 Å². The molecule has 1 aromatic heterocycles. The lowest BCUT2D eigenvalue weighted by molar-refractivity contribution is -0.114. The topological polar surface area (TPSA) is 42.0 Å². The highest BCUT2D eigenvalue weighted by molar-refractivity contribution is 6.08. The number of anilines is 1. The zero-order valence-electron chi connectivity index (χ0n) is 14.2. The van der Waals surface area contributed by atoms with Crippen LogP contribution in [0.3, 0.4) is 0 Å². The summed E-state index contributed by atoms with van der Waals surface area (Å²) in [6.07, 6.45) is 0. The molecule has 0 saturated carbocycles. The predicted molar refractivity (Wildman–Crippen MR) is 104 cm³/mol. The van der Waals surface area contributed by atoms with Gasteiger partial charge in [-0.2, -0.15) is 0 Å². The third-order valence-electron chi connectivity index (χ3n) is 4.44. The van der Waals surface area contributed by atoms with Gasteiger partial charge in [0.1, 0.15) is 0 Å². The fourth-order valence-corrected chi connectivity index (χ4v) is 3.32. The highest BCUT2D eigenvalue weighted by Crippen LogP contribution is 2.33. The number of para-hydroxylation sites is 2. The predicted octanol–water partition coefficient (Wildman–Crippen LogP) is 5.32. The zero-order valence-corrected chi connectivity index (χ0v) is 14.2. The van der Waals surface area contributed by atoms with Gasteiger partial charge < -0.3 is 5.32 Å². The average molecular weight is 326 g/mol. The molecule has 4 rings (SSSR count). The van der Waals surface area contributed by atoms with Gasteiger partial charge in [-0.1, -0.05) is 48.5 Å². The van der Waals surface area contributed by atoms with Gasteiger partial charge in [-0.05, 0) is 36.1 Å². The van der Waals surface area contributed by atoms with E-state index >= 15 is 0 Å². The van der Waals surface area contributed by atoms with Crippen molar-refractivity contribution in [2.45, 2.75) is 13.8 Å². The van der Waals surface area contributed by atoms with E-state index < -0.39 is 0 Å². The first-order valence-corrected chi connectivity index (χ1v) is 8.29. The van der Waals surface area contributed by atoms with Crippen LogP contribution in [0.25, 0.3) is 32.8 Å². The van der Waals surface area contributed by atoms with Crippen LogP contribution in [0.2, 0.25) is 0 Å². The molecule has 3 heteroatoms. The second-order valence-electron chi connectivity index (χ2n) is 6.20. The highest BCUT2D eigenvalue weighted by atomic mass is 16.1. The van der Waals surface area contributed by atoms with Crippen LogP contribution >= 0.6 is 0 Å². The average Bonchev–Trinajstić information content (AvgIpc) is 2.62. The van der Waals surface area contributed by atoms with Crippen molar-refractivity contribution in [3.05, 3.63) is 72.4 Å². The normalized spacial score (nSPS) is 11.0. The van der Waals surface area contributed by atoms with Crippen molar-refractivity contribution in [1.29, 1.82) is 0 Å². The summed E-state index contributed by atoms with van der Waals surface area (Å²) in [4.78, 5) is 16.2. The number of carbonyl (C=O) groups is 1. The van der Waals surface area contributed by atoms with Crippen molar-refractivity contribution in [1.82, 2.24) is 4.98 Å². The lowest BCUT2D eigenvalue weighted by Gasteiger charge is -2.12. The van der Waals surface area contributed by atoms with Crippen molar-refractivity contribution in [2.75, 3.05) is 5.32 Å². The minimum absolute atomic E-state index is 0.0721. The van der Waals surface area contributed by atoms with Crippen LogP contribution < -0.4 is 5.32 Å². The van der Waals surface area contributed by atoms with Gasteiger partial charge in [0, 0.05) is 34.6 Å². The summed E-state index contributed by atoms with van der Waals surface area (Å²) in [7, 11) is 0. The van der Waals surface area contributed by atoms with Crippen LogP contribution in [0, 0.1) is 6.92 Å². The molecule has 3 aromatic carbocycles. The Kier molecular flexibility index (Phi) is 3.69. The first-order chi connectivity index (χ1) is 12.1. The first kappa shape index (κ1) is 15.3. The van der Waals surface area contributed by atoms with Crippen LogP contribution in [0.4, 0.5) is 5.69 Å². The number of aryl methyl sites for hydroxylation is 1. The van der Waals surface area contributed by atoms with E-state index in [-0.39, 0.29) is 5.91 Å². The Labute approximate surface area is 146 Å². The molecule has 0 bridgehead atoms. The monoisotopic (exact) mass is 326 g/mol. The summed E-state index contributed by atoms with van der Waals surface area (Å²) in [6, 6.07) is 22.5. The number of fused-ring (bicyclic) bond motifs is 3. The molecule has 0 fully saturated rings. The maximum Gasteiger partial charge on any atom is 0.221 e. The van der Waals surface area contributed by atoms with E-state index in [2.05, 4.69) is 29.6 Å². The zero-order chi connectivity index (χ0) is 17.4. The number of rotatable bonds is 2. The van der Waals surface area contributed by atoms with Crippen molar-refractivity contribution in [3.63, 3.8) is 0 Å².